The number of hydrogen-bond donors (Lipinski definition) is 2. The van der Waals surface area contributed by atoms with E-state index in [4.69, 9.17) is 10.8 Å². The topological polar surface area (TPSA) is 136 Å². The minimum absolute atomic E-state index is 0. The summed E-state index contributed by atoms with van der Waals surface area (Å²) in [7, 11) is -5.36. The molecule has 7 nitrogen and oxygen atoms in total. The Kier molecular flexibility index (Phi) is 11.0. The Morgan fingerprint density at radius 3 is 2.21 bits per heavy atom. The number of aromatic hydroxyl groups is 1. The number of hydrogen-bond acceptors (Lipinski definition) is 7. The molecule has 0 bridgehead atoms. The van der Waals surface area contributed by atoms with Gasteiger partial charge >= 0.3 is 65.1 Å². The Morgan fingerprint density at radius 1 is 1.32 bits per heavy atom. The summed E-state index contributed by atoms with van der Waals surface area (Å²) >= 11 is 0. The first-order valence-corrected chi connectivity index (χ1v) is 6.03. The van der Waals surface area contributed by atoms with Gasteiger partial charge in [0.1, 0.15) is 19.6 Å². The molecule has 10 heteroatoms. The average molecular weight is 305 g/mol. The first-order chi connectivity index (χ1) is 7.78. The van der Waals surface area contributed by atoms with E-state index in [1.54, 1.807) is 0 Å². The van der Waals surface area contributed by atoms with Crippen LogP contribution < -0.4 is 74.6 Å². The largest absolute Gasteiger partial charge is 1.00 e. The van der Waals surface area contributed by atoms with Crippen molar-refractivity contribution in [3.8, 4) is 5.75 Å². The number of carbonyl (C=O) groups is 1. The molecule has 0 spiro atoms. The van der Waals surface area contributed by atoms with Gasteiger partial charge in [-0.1, -0.05) is 12.1 Å². The summed E-state index contributed by atoms with van der Waals surface area (Å²) < 4.78 is 13.8. The summed E-state index contributed by atoms with van der Waals surface area (Å²) in [6, 6.07) is 4.54. The van der Waals surface area contributed by atoms with Gasteiger partial charge in [0.25, 0.3) is 0 Å². The van der Waals surface area contributed by atoms with Gasteiger partial charge in [-0.3, -0.25) is 4.79 Å². The molecule has 1 aromatic carbocycles. The number of phosphoric acid groups is 1. The van der Waals surface area contributed by atoms with E-state index in [-0.39, 0.29) is 71.3 Å². The van der Waals surface area contributed by atoms with Gasteiger partial charge in [-0.05, 0) is 24.1 Å². The summed E-state index contributed by atoms with van der Waals surface area (Å²) in [6.07, 6.45) is -0.000880. The zero-order valence-electron chi connectivity index (χ0n) is 10.6. The van der Waals surface area contributed by atoms with Crippen molar-refractivity contribution >= 4 is 13.8 Å². The molecule has 0 aliphatic heterocycles. The zero-order chi connectivity index (χ0) is 13.1. The smallest absolute Gasteiger partial charge is 0.780 e. The van der Waals surface area contributed by atoms with Crippen LogP contribution in [0.4, 0.5) is 0 Å². The molecule has 0 saturated heterocycles. The fourth-order valence-corrected chi connectivity index (χ4v) is 1.50. The van der Waals surface area contributed by atoms with Gasteiger partial charge in [-0.25, -0.2) is 0 Å². The van der Waals surface area contributed by atoms with Gasteiger partial charge in [0.15, 0.2) is 0 Å². The third-order valence-electron chi connectivity index (χ3n) is 1.90. The molecule has 3 N–H and O–H groups in total. The molecule has 0 amide bonds. The first kappa shape index (κ1) is 21.9. The molecule has 0 aliphatic carbocycles. The molecule has 0 aliphatic rings. The Morgan fingerprint density at radius 2 is 1.79 bits per heavy atom. The number of phenols is 1. The molecule has 0 unspecified atom stereocenters. The van der Waals surface area contributed by atoms with Gasteiger partial charge in [-0.15, -0.1) is 0 Å². The van der Waals surface area contributed by atoms with E-state index in [9.17, 15) is 19.1 Å². The van der Waals surface area contributed by atoms with Gasteiger partial charge in [-0.2, -0.15) is 0 Å². The van der Waals surface area contributed by atoms with Crippen LogP contribution in [0.5, 0.6) is 5.75 Å². The van der Waals surface area contributed by atoms with Gasteiger partial charge < -0.3 is 29.7 Å². The van der Waals surface area contributed by atoms with Crippen LogP contribution >= 0.6 is 7.82 Å². The van der Waals surface area contributed by atoms with Crippen molar-refractivity contribution in [3.63, 3.8) is 0 Å². The van der Waals surface area contributed by atoms with Crippen LogP contribution in [-0.4, -0.2) is 17.1 Å². The van der Waals surface area contributed by atoms with Crippen molar-refractivity contribution in [3.05, 3.63) is 29.8 Å². The van der Waals surface area contributed by atoms with E-state index in [1.165, 1.54) is 24.3 Å². The minimum Gasteiger partial charge on any atom is -0.780 e. The van der Waals surface area contributed by atoms with E-state index >= 15 is 0 Å². The molecule has 0 saturated carbocycles. The van der Waals surface area contributed by atoms with Crippen LogP contribution in [0, 0.1) is 0 Å². The fourth-order valence-electron chi connectivity index (χ4n) is 1.15. The number of phosphoric ester groups is 1. The monoisotopic (exact) mass is 305 g/mol. The second-order valence-corrected chi connectivity index (χ2v) is 4.41. The van der Waals surface area contributed by atoms with Crippen molar-refractivity contribution in [2.45, 2.75) is 12.5 Å². The first-order valence-electron chi connectivity index (χ1n) is 4.57. The van der Waals surface area contributed by atoms with Crippen LogP contribution in [0.1, 0.15) is 5.56 Å². The maximum atomic E-state index is 11.1. The maximum absolute atomic E-state index is 11.1. The minimum atomic E-state index is -5.36. The second-order valence-electron chi connectivity index (χ2n) is 3.33. The normalized spacial score (nSPS) is 11.7. The van der Waals surface area contributed by atoms with Crippen LogP contribution in [0.25, 0.3) is 0 Å². The summed E-state index contributed by atoms with van der Waals surface area (Å²) in [5, 5.41) is 9.01. The number of phenolic OH excluding ortho intramolecular Hbond substituents is 1. The molecule has 1 atom stereocenters. The van der Waals surface area contributed by atoms with E-state index in [2.05, 4.69) is 4.52 Å². The van der Waals surface area contributed by atoms with Crippen molar-refractivity contribution < 1.29 is 87.9 Å². The summed E-state index contributed by atoms with van der Waals surface area (Å²) in [5.74, 6) is -1.25. The molecule has 0 heterocycles. The van der Waals surface area contributed by atoms with Crippen LogP contribution in [0.2, 0.25) is 0 Å². The molecule has 1 rings (SSSR count). The molecule has 94 valence electrons. The Hall–Kier alpha value is 0.600. The Bertz CT molecular complexity index is 449. The van der Waals surface area contributed by atoms with Gasteiger partial charge in [0.05, 0.1) is 0 Å². The van der Waals surface area contributed by atoms with E-state index in [0.29, 0.717) is 5.56 Å². The standard InChI is InChI=1S/C9H12NO6P.2Na/c10-8(9(12)16-17(13,14)15)5-6-1-3-7(11)4-2-6;;/h1-4,8,11H,5,10H2,(H2,13,14,15);;/q;2*+1/p-2/t8-;;/m0../s1. The molecular weight excluding hydrogens is 295 g/mol. The molecule has 0 aromatic heterocycles. The average Bonchev–Trinajstić information content (AvgIpc) is 2.19. The van der Waals surface area contributed by atoms with Crippen LogP contribution in [0.15, 0.2) is 24.3 Å². The number of benzene rings is 1. The number of rotatable bonds is 4. The maximum Gasteiger partial charge on any atom is 1.00 e. The van der Waals surface area contributed by atoms with Gasteiger partial charge in [0, 0.05) is 0 Å². The molecule has 0 radical (unpaired) electrons. The van der Waals surface area contributed by atoms with Crippen LogP contribution in [-0.2, 0) is 20.3 Å². The fraction of sp³-hybridized carbons (Fsp3) is 0.222. The third-order valence-corrected chi connectivity index (χ3v) is 2.30. The Balaban J connectivity index is 0. The summed E-state index contributed by atoms with van der Waals surface area (Å²) in [4.78, 5) is 31.4. The van der Waals surface area contributed by atoms with Crippen molar-refractivity contribution in [2.24, 2.45) is 5.73 Å². The molecule has 1 aromatic rings. The zero-order valence-corrected chi connectivity index (χ0v) is 15.5. The molecule has 0 fully saturated rings. The molecule has 19 heavy (non-hydrogen) atoms. The summed E-state index contributed by atoms with van der Waals surface area (Å²) in [6.45, 7) is 0. The SMILES string of the molecule is N[C@@H](Cc1ccc(O)cc1)C(=O)OP(=O)([O-])[O-].[Na+].[Na+]. The van der Waals surface area contributed by atoms with E-state index < -0.39 is 19.8 Å². The summed E-state index contributed by atoms with van der Waals surface area (Å²) in [5.41, 5.74) is 5.95. The van der Waals surface area contributed by atoms with E-state index in [1.807, 2.05) is 0 Å². The van der Waals surface area contributed by atoms with Crippen molar-refractivity contribution in [2.75, 3.05) is 0 Å². The number of nitrogens with two attached hydrogens (primary N) is 1. The van der Waals surface area contributed by atoms with Crippen molar-refractivity contribution in [1.82, 2.24) is 0 Å². The predicted molar refractivity (Wildman–Crippen MR) is 53.5 cm³/mol. The Labute approximate surface area is 154 Å². The van der Waals surface area contributed by atoms with Gasteiger partial charge in [0.2, 0.25) is 0 Å². The third kappa shape index (κ3) is 9.20. The predicted octanol–water partition coefficient (Wildman–Crippen LogP) is -7.36. The van der Waals surface area contributed by atoms with Crippen molar-refractivity contribution in [1.29, 1.82) is 0 Å². The second kappa shape index (κ2) is 9.52. The quantitative estimate of drug-likeness (QED) is 0.416. The number of carbonyl (C=O) groups excluding carboxylic acids is 1. The van der Waals surface area contributed by atoms with E-state index in [0.717, 1.165) is 0 Å². The van der Waals surface area contributed by atoms with Crippen LogP contribution in [0.3, 0.4) is 0 Å². The molecular formula is C9H10NNa2O6P.